The number of fused-ring (bicyclic) bond motifs is 1. The van der Waals surface area contributed by atoms with Gasteiger partial charge in [-0.1, -0.05) is 29.3 Å². The van der Waals surface area contributed by atoms with E-state index in [4.69, 9.17) is 28.9 Å². The molecule has 0 aliphatic carbocycles. The molecule has 0 spiro atoms. The monoisotopic (exact) mass is 303 g/mol. The summed E-state index contributed by atoms with van der Waals surface area (Å²) < 4.78 is 0. The Morgan fingerprint density at radius 2 is 1.75 bits per heavy atom. The molecule has 0 amide bonds. The van der Waals surface area contributed by atoms with Crippen molar-refractivity contribution in [3.63, 3.8) is 0 Å². The van der Waals surface area contributed by atoms with Crippen molar-refractivity contribution in [3.8, 4) is 0 Å². The van der Waals surface area contributed by atoms with Gasteiger partial charge in [0.25, 0.3) is 0 Å². The predicted molar refractivity (Wildman–Crippen MR) is 85.9 cm³/mol. The molecule has 100 valence electrons. The first-order valence-electron chi connectivity index (χ1n) is 5.99. The largest absolute Gasteiger partial charge is 0.397 e. The van der Waals surface area contributed by atoms with Gasteiger partial charge in [-0.05, 0) is 30.3 Å². The normalized spacial score (nSPS) is 10.7. The van der Waals surface area contributed by atoms with Crippen LogP contribution in [-0.4, -0.2) is 4.98 Å². The van der Waals surface area contributed by atoms with E-state index in [1.54, 1.807) is 30.6 Å². The summed E-state index contributed by atoms with van der Waals surface area (Å²) in [6.07, 6.45) is 3.50. The molecule has 1 aromatic heterocycles. The van der Waals surface area contributed by atoms with E-state index >= 15 is 0 Å². The van der Waals surface area contributed by atoms with Crippen LogP contribution >= 0.6 is 23.2 Å². The van der Waals surface area contributed by atoms with Gasteiger partial charge in [0.05, 0.1) is 11.4 Å². The van der Waals surface area contributed by atoms with Gasteiger partial charge in [0.15, 0.2) is 0 Å². The fraction of sp³-hybridized carbons (Fsp3) is 0. The van der Waals surface area contributed by atoms with Crippen molar-refractivity contribution in [2.45, 2.75) is 0 Å². The number of nitrogens with two attached hydrogens (primary N) is 1. The lowest BCUT2D eigenvalue weighted by Gasteiger charge is -2.12. The van der Waals surface area contributed by atoms with Crippen LogP contribution < -0.4 is 11.1 Å². The van der Waals surface area contributed by atoms with Gasteiger partial charge in [0, 0.05) is 38.9 Å². The van der Waals surface area contributed by atoms with Crippen molar-refractivity contribution in [1.82, 2.24) is 4.98 Å². The van der Waals surface area contributed by atoms with E-state index in [2.05, 4.69) is 10.3 Å². The first-order chi connectivity index (χ1) is 9.63. The molecule has 0 atom stereocenters. The fourth-order valence-electron chi connectivity index (χ4n) is 2.08. The van der Waals surface area contributed by atoms with Crippen molar-refractivity contribution < 1.29 is 0 Å². The highest BCUT2D eigenvalue weighted by Gasteiger charge is 2.06. The molecule has 3 N–H and O–H groups in total. The van der Waals surface area contributed by atoms with Gasteiger partial charge in [-0.3, -0.25) is 4.98 Å². The second kappa shape index (κ2) is 5.19. The highest BCUT2D eigenvalue weighted by atomic mass is 35.5. The van der Waals surface area contributed by atoms with Gasteiger partial charge in [0.2, 0.25) is 0 Å². The summed E-state index contributed by atoms with van der Waals surface area (Å²) in [7, 11) is 0. The third-order valence-electron chi connectivity index (χ3n) is 3.00. The summed E-state index contributed by atoms with van der Waals surface area (Å²) in [5.41, 5.74) is 8.46. The van der Waals surface area contributed by atoms with Crippen molar-refractivity contribution in [2.75, 3.05) is 11.1 Å². The molecule has 0 bridgehead atoms. The van der Waals surface area contributed by atoms with Crippen LogP contribution in [0.5, 0.6) is 0 Å². The molecule has 5 heteroatoms. The highest BCUT2D eigenvalue weighted by Crippen LogP contribution is 2.32. The van der Waals surface area contributed by atoms with E-state index < -0.39 is 0 Å². The second-order valence-corrected chi connectivity index (χ2v) is 5.28. The summed E-state index contributed by atoms with van der Waals surface area (Å²) in [5.74, 6) is 0. The molecule has 2 aromatic carbocycles. The molecule has 0 unspecified atom stereocenters. The summed E-state index contributed by atoms with van der Waals surface area (Å²) >= 11 is 12.0. The zero-order valence-electron chi connectivity index (χ0n) is 10.4. The quantitative estimate of drug-likeness (QED) is 0.664. The van der Waals surface area contributed by atoms with E-state index in [0.29, 0.717) is 15.7 Å². The molecular weight excluding hydrogens is 293 g/mol. The number of aromatic nitrogens is 1. The SMILES string of the molecule is Nc1c(Nc2cc(Cl)cc(Cl)c2)ccc2cnccc12. The number of nitrogens with one attached hydrogen (secondary N) is 1. The molecule has 20 heavy (non-hydrogen) atoms. The van der Waals surface area contributed by atoms with E-state index in [1.165, 1.54) is 0 Å². The molecule has 0 radical (unpaired) electrons. The van der Waals surface area contributed by atoms with Gasteiger partial charge in [-0.25, -0.2) is 0 Å². The summed E-state index contributed by atoms with van der Waals surface area (Å²) in [4.78, 5) is 4.08. The average molecular weight is 304 g/mol. The maximum absolute atomic E-state index is 6.19. The van der Waals surface area contributed by atoms with Gasteiger partial charge in [-0.2, -0.15) is 0 Å². The lowest BCUT2D eigenvalue weighted by molar-refractivity contribution is 1.36. The number of pyridine rings is 1. The molecule has 3 aromatic rings. The second-order valence-electron chi connectivity index (χ2n) is 4.41. The molecule has 0 fully saturated rings. The smallest absolute Gasteiger partial charge is 0.0634 e. The Labute approximate surface area is 126 Å². The molecule has 0 saturated carbocycles. The Balaban J connectivity index is 2.04. The fourth-order valence-corrected chi connectivity index (χ4v) is 2.61. The lowest BCUT2D eigenvalue weighted by atomic mass is 10.1. The van der Waals surface area contributed by atoms with Crippen LogP contribution in [0.3, 0.4) is 0 Å². The van der Waals surface area contributed by atoms with Crippen LogP contribution in [0.25, 0.3) is 10.8 Å². The van der Waals surface area contributed by atoms with Crippen LogP contribution in [0.1, 0.15) is 0 Å². The van der Waals surface area contributed by atoms with Crippen LogP contribution in [0.15, 0.2) is 48.8 Å². The first kappa shape index (κ1) is 13.0. The van der Waals surface area contributed by atoms with E-state index in [0.717, 1.165) is 22.1 Å². The molecule has 0 aliphatic heterocycles. The van der Waals surface area contributed by atoms with Crippen molar-refractivity contribution in [1.29, 1.82) is 0 Å². The van der Waals surface area contributed by atoms with Gasteiger partial charge in [0.1, 0.15) is 0 Å². The number of hydrogen-bond acceptors (Lipinski definition) is 3. The van der Waals surface area contributed by atoms with Crippen LogP contribution in [-0.2, 0) is 0 Å². The number of nitrogen functional groups attached to an aromatic ring is 1. The Morgan fingerprint density at radius 1 is 1.00 bits per heavy atom. The number of benzene rings is 2. The maximum atomic E-state index is 6.19. The van der Waals surface area contributed by atoms with Crippen LogP contribution in [0.2, 0.25) is 10.0 Å². The molecule has 0 saturated heterocycles. The average Bonchev–Trinajstić information content (AvgIpc) is 2.41. The predicted octanol–water partition coefficient (Wildman–Crippen LogP) is 4.87. The topological polar surface area (TPSA) is 50.9 Å². The Morgan fingerprint density at radius 3 is 2.50 bits per heavy atom. The first-order valence-corrected chi connectivity index (χ1v) is 6.74. The number of anilines is 3. The number of rotatable bonds is 2. The van der Waals surface area contributed by atoms with E-state index in [9.17, 15) is 0 Å². The zero-order valence-corrected chi connectivity index (χ0v) is 11.9. The Hall–Kier alpha value is -1.97. The van der Waals surface area contributed by atoms with E-state index in [1.807, 2.05) is 18.2 Å². The minimum absolute atomic E-state index is 0.573. The Bertz CT molecular complexity index is 767. The number of hydrogen-bond donors (Lipinski definition) is 2. The minimum Gasteiger partial charge on any atom is -0.397 e. The third kappa shape index (κ3) is 2.50. The van der Waals surface area contributed by atoms with E-state index in [-0.39, 0.29) is 0 Å². The summed E-state index contributed by atoms with van der Waals surface area (Å²) in [5, 5.41) is 6.33. The molecule has 1 heterocycles. The Kier molecular flexibility index (Phi) is 3.38. The summed E-state index contributed by atoms with van der Waals surface area (Å²) in [6, 6.07) is 11.0. The van der Waals surface area contributed by atoms with Crippen molar-refractivity contribution in [2.24, 2.45) is 0 Å². The lowest BCUT2D eigenvalue weighted by Crippen LogP contribution is -1.97. The van der Waals surface area contributed by atoms with Crippen LogP contribution in [0, 0.1) is 0 Å². The molecule has 0 aliphatic rings. The van der Waals surface area contributed by atoms with Gasteiger partial charge >= 0.3 is 0 Å². The standard InChI is InChI=1S/C15H11Cl2N3/c16-10-5-11(17)7-12(6-10)20-14-2-1-9-8-19-4-3-13(9)15(14)18/h1-8,20H,18H2. The highest BCUT2D eigenvalue weighted by molar-refractivity contribution is 6.35. The van der Waals surface area contributed by atoms with Crippen molar-refractivity contribution in [3.05, 3.63) is 58.8 Å². The minimum atomic E-state index is 0.573. The zero-order chi connectivity index (χ0) is 14.1. The summed E-state index contributed by atoms with van der Waals surface area (Å²) in [6.45, 7) is 0. The maximum Gasteiger partial charge on any atom is 0.0634 e. The molecular formula is C15H11Cl2N3. The molecule has 3 nitrogen and oxygen atoms in total. The van der Waals surface area contributed by atoms with Gasteiger partial charge < -0.3 is 11.1 Å². The number of halogens is 2. The third-order valence-corrected chi connectivity index (χ3v) is 3.44. The number of nitrogens with zero attached hydrogens (tertiary/aromatic N) is 1. The van der Waals surface area contributed by atoms with Gasteiger partial charge in [-0.15, -0.1) is 0 Å². The van der Waals surface area contributed by atoms with Crippen LogP contribution in [0.4, 0.5) is 17.1 Å². The molecule has 3 rings (SSSR count). The van der Waals surface area contributed by atoms with Crippen molar-refractivity contribution >= 4 is 51.0 Å².